The normalized spacial score (nSPS) is 14.1. The summed E-state index contributed by atoms with van der Waals surface area (Å²) in [5, 5.41) is 2.76. The van der Waals surface area contributed by atoms with Crippen LogP contribution in [0.15, 0.2) is 29.2 Å². The molecule has 4 nitrogen and oxygen atoms in total. The summed E-state index contributed by atoms with van der Waals surface area (Å²) in [5.41, 5.74) is 0.465. The summed E-state index contributed by atoms with van der Waals surface area (Å²) >= 11 is 1.60. The van der Waals surface area contributed by atoms with E-state index >= 15 is 0 Å². The van der Waals surface area contributed by atoms with Crippen molar-refractivity contribution in [3.8, 4) is 0 Å². The molecule has 1 saturated carbocycles. The second-order valence-corrected chi connectivity index (χ2v) is 5.03. The number of amides is 1. The molecule has 1 aromatic carbocycles. The van der Waals surface area contributed by atoms with Crippen molar-refractivity contribution in [2.75, 3.05) is 12.9 Å². The van der Waals surface area contributed by atoms with Crippen LogP contribution in [0.25, 0.3) is 0 Å². The average molecular weight is 265 g/mol. The fourth-order valence-electron chi connectivity index (χ4n) is 1.44. The molecule has 0 saturated heterocycles. The van der Waals surface area contributed by atoms with E-state index in [0.29, 0.717) is 5.56 Å². The first kappa shape index (κ1) is 13.0. The van der Waals surface area contributed by atoms with Crippen molar-refractivity contribution in [2.24, 2.45) is 0 Å². The van der Waals surface area contributed by atoms with Crippen molar-refractivity contribution in [3.63, 3.8) is 0 Å². The molecule has 0 spiro atoms. The molecule has 0 unspecified atom stereocenters. The lowest BCUT2D eigenvalue weighted by molar-refractivity contribution is -0.124. The first-order chi connectivity index (χ1) is 8.69. The van der Waals surface area contributed by atoms with Gasteiger partial charge in [0.2, 0.25) is 0 Å². The summed E-state index contributed by atoms with van der Waals surface area (Å²) in [6.45, 7) is -0.209. The standard InChI is InChI=1S/C13H15NO3S/c1-18-11-6-2-9(3-7-11)13(16)17-8-12(15)14-10-4-5-10/h2-3,6-7,10H,4-5,8H2,1H3,(H,14,15). The number of benzene rings is 1. The molecule has 1 aliphatic carbocycles. The van der Waals surface area contributed by atoms with E-state index in [4.69, 9.17) is 4.74 Å². The molecule has 96 valence electrons. The predicted molar refractivity (Wildman–Crippen MR) is 69.7 cm³/mol. The fourth-order valence-corrected chi connectivity index (χ4v) is 1.85. The van der Waals surface area contributed by atoms with Gasteiger partial charge in [0, 0.05) is 10.9 Å². The Kier molecular flexibility index (Phi) is 4.25. The van der Waals surface area contributed by atoms with Crippen LogP contribution < -0.4 is 5.32 Å². The molecular weight excluding hydrogens is 250 g/mol. The molecule has 1 amide bonds. The number of nitrogens with one attached hydrogen (secondary N) is 1. The highest BCUT2D eigenvalue weighted by Crippen LogP contribution is 2.18. The summed E-state index contributed by atoms with van der Waals surface area (Å²) in [5.74, 6) is -0.694. The molecule has 1 aromatic rings. The minimum atomic E-state index is -0.464. The second kappa shape index (κ2) is 5.91. The minimum absolute atomic E-state index is 0.209. The number of carbonyl (C=O) groups is 2. The number of thioether (sulfide) groups is 1. The summed E-state index contributed by atoms with van der Waals surface area (Å²) in [7, 11) is 0. The van der Waals surface area contributed by atoms with Crippen LogP contribution >= 0.6 is 11.8 Å². The minimum Gasteiger partial charge on any atom is -0.452 e. The lowest BCUT2D eigenvalue weighted by atomic mass is 10.2. The molecule has 0 atom stereocenters. The van der Waals surface area contributed by atoms with Gasteiger partial charge in [-0.25, -0.2) is 4.79 Å². The van der Waals surface area contributed by atoms with Crippen molar-refractivity contribution in [3.05, 3.63) is 29.8 Å². The van der Waals surface area contributed by atoms with Gasteiger partial charge in [0.05, 0.1) is 5.56 Å². The highest BCUT2D eigenvalue weighted by atomic mass is 32.2. The van der Waals surface area contributed by atoms with Gasteiger partial charge in [-0.05, 0) is 43.4 Å². The van der Waals surface area contributed by atoms with Crippen LogP contribution in [0.1, 0.15) is 23.2 Å². The Balaban J connectivity index is 1.80. The lowest BCUT2D eigenvalue weighted by Gasteiger charge is -2.05. The molecule has 0 radical (unpaired) electrons. The van der Waals surface area contributed by atoms with E-state index in [0.717, 1.165) is 17.7 Å². The van der Waals surface area contributed by atoms with Gasteiger partial charge in [-0.15, -0.1) is 11.8 Å². The number of esters is 1. The maximum Gasteiger partial charge on any atom is 0.338 e. The topological polar surface area (TPSA) is 55.4 Å². The zero-order valence-corrected chi connectivity index (χ0v) is 11.0. The molecule has 2 rings (SSSR count). The monoisotopic (exact) mass is 265 g/mol. The smallest absolute Gasteiger partial charge is 0.338 e. The maximum absolute atomic E-state index is 11.6. The Morgan fingerprint density at radius 1 is 1.33 bits per heavy atom. The van der Waals surface area contributed by atoms with Crippen molar-refractivity contribution in [1.82, 2.24) is 5.32 Å². The van der Waals surface area contributed by atoms with Gasteiger partial charge in [-0.3, -0.25) is 4.79 Å². The summed E-state index contributed by atoms with van der Waals surface area (Å²) in [6, 6.07) is 7.40. The van der Waals surface area contributed by atoms with Crippen LogP contribution in [-0.2, 0) is 9.53 Å². The van der Waals surface area contributed by atoms with Gasteiger partial charge in [0.25, 0.3) is 5.91 Å². The van der Waals surface area contributed by atoms with Gasteiger partial charge >= 0.3 is 5.97 Å². The third-order valence-electron chi connectivity index (χ3n) is 2.60. The summed E-state index contributed by atoms with van der Waals surface area (Å²) in [4.78, 5) is 24.1. The number of carbonyl (C=O) groups excluding carboxylic acids is 2. The first-order valence-electron chi connectivity index (χ1n) is 5.79. The largest absolute Gasteiger partial charge is 0.452 e. The molecule has 0 aliphatic heterocycles. The van der Waals surface area contributed by atoms with E-state index in [2.05, 4.69) is 5.32 Å². The molecule has 0 bridgehead atoms. The summed E-state index contributed by atoms with van der Waals surface area (Å²) < 4.78 is 4.93. The van der Waals surface area contributed by atoms with Gasteiger partial charge in [0.1, 0.15) is 0 Å². The Morgan fingerprint density at radius 2 is 2.00 bits per heavy atom. The molecule has 1 N–H and O–H groups in total. The van der Waals surface area contributed by atoms with Gasteiger partial charge in [-0.1, -0.05) is 0 Å². The third-order valence-corrected chi connectivity index (χ3v) is 3.35. The number of rotatable bonds is 5. The predicted octanol–water partition coefficient (Wildman–Crippen LogP) is 1.84. The molecule has 0 heterocycles. The second-order valence-electron chi connectivity index (χ2n) is 4.15. The Hall–Kier alpha value is -1.49. The molecule has 1 aliphatic rings. The fraction of sp³-hybridized carbons (Fsp3) is 0.385. The quantitative estimate of drug-likeness (QED) is 0.652. The molecule has 5 heteroatoms. The van der Waals surface area contributed by atoms with Crippen molar-refractivity contribution in [1.29, 1.82) is 0 Å². The van der Waals surface area contributed by atoms with Crippen molar-refractivity contribution < 1.29 is 14.3 Å². The zero-order chi connectivity index (χ0) is 13.0. The van der Waals surface area contributed by atoms with Gasteiger partial charge in [0.15, 0.2) is 6.61 Å². The molecule has 0 aromatic heterocycles. The number of ether oxygens (including phenoxy) is 1. The van der Waals surface area contributed by atoms with Crippen LogP contribution in [-0.4, -0.2) is 30.8 Å². The zero-order valence-electron chi connectivity index (χ0n) is 10.1. The SMILES string of the molecule is CSc1ccc(C(=O)OCC(=O)NC2CC2)cc1. The maximum atomic E-state index is 11.6. The van der Waals surface area contributed by atoms with Crippen LogP contribution in [0.5, 0.6) is 0 Å². The first-order valence-corrected chi connectivity index (χ1v) is 7.02. The van der Waals surface area contributed by atoms with E-state index in [1.807, 2.05) is 18.4 Å². The summed E-state index contributed by atoms with van der Waals surface area (Å²) in [6.07, 6.45) is 4.02. The van der Waals surface area contributed by atoms with Crippen LogP contribution in [0.4, 0.5) is 0 Å². The van der Waals surface area contributed by atoms with E-state index in [9.17, 15) is 9.59 Å². The van der Waals surface area contributed by atoms with Crippen LogP contribution in [0.3, 0.4) is 0 Å². The van der Waals surface area contributed by atoms with E-state index in [1.165, 1.54) is 0 Å². The number of hydrogen-bond donors (Lipinski definition) is 1. The highest BCUT2D eigenvalue weighted by Gasteiger charge is 2.23. The third kappa shape index (κ3) is 3.77. The van der Waals surface area contributed by atoms with Crippen molar-refractivity contribution >= 4 is 23.6 Å². The Labute approximate surface area is 110 Å². The van der Waals surface area contributed by atoms with E-state index < -0.39 is 5.97 Å². The van der Waals surface area contributed by atoms with Crippen molar-refractivity contribution in [2.45, 2.75) is 23.8 Å². The van der Waals surface area contributed by atoms with Gasteiger partial charge < -0.3 is 10.1 Å². The molecular formula is C13H15NO3S. The number of hydrogen-bond acceptors (Lipinski definition) is 4. The van der Waals surface area contributed by atoms with E-state index in [-0.39, 0.29) is 18.6 Å². The lowest BCUT2D eigenvalue weighted by Crippen LogP contribution is -2.30. The van der Waals surface area contributed by atoms with Gasteiger partial charge in [-0.2, -0.15) is 0 Å². The van der Waals surface area contributed by atoms with Crippen LogP contribution in [0.2, 0.25) is 0 Å². The molecule has 18 heavy (non-hydrogen) atoms. The highest BCUT2D eigenvalue weighted by molar-refractivity contribution is 7.98. The Bertz CT molecular complexity index is 440. The Morgan fingerprint density at radius 3 is 2.56 bits per heavy atom. The van der Waals surface area contributed by atoms with E-state index in [1.54, 1.807) is 23.9 Å². The molecule has 1 fully saturated rings. The average Bonchev–Trinajstić information content (AvgIpc) is 3.20. The van der Waals surface area contributed by atoms with Crippen LogP contribution in [0, 0.1) is 0 Å².